The molecule has 0 spiro atoms. The Balaban J connectivity index is 2.61. The lowest BCUT2D eigenvalue weighted by atomic mass is 9.93. The van der Waals surface area contributed by atoms with Crippen molar-refractivity contribution in [2.45, 2.75) is 20.8 Å². The molecule has 3 N–H and O–H groups in total. The molecule has 88 valence electrons. The quantitative estimate of drug-likeness (QED) is 0.784. The minimum atomic E-state index is -0.392. The zero-order chi connectivity index (χ0) is 12.3. The molecule has 7 heteroatoms. The van der Waals surface area contributed by atoms with Gasteiger partial charge in [-0.15, -0.1) is 5.10 Å². The summed E-state index contributed by atoms with van der Waals surface area (Å²) < 4.78 is 3.70. The highest BCUT2D eigenvalue weighted by Crippen LogP contribution is 2.15. The molecule has 0 aliphatic carbocycles. The minimum absolute atomic E-state index is 0.183. The molecule has 1 aromatic heterocycles. The number of nitrogens with two attached hydrogens (primary N) is 1. The summed E-state index contributed by atoms with van der Waals surface area (Å²) in [4.78, 5) is 12.6. The van der Waals surface area contributed by atoms with Crippen LogP contribution in [0, 0.1) is 12.3 Å². The van der Waals surface area contributed by atoms with Crippen LogP contribution in [0.3, 0.4) is 0 Å². The van der Waals surface area contributed by atoms with Gasteiger partial charge in [0.15, 0.2) is 0 Å². The molecule has 0 saturated carbocycles. The Morgan fingerprint density at radius 2 is 2.25 bits per heavy atom. The zero-order valence-electron chi connectivity index (χ0n) is 9.40. The van der Waals surface area contributed by atoms with Crippen LogP contribution in [0.2, 0.25) is 0 Å². The monoisotopic (exact) mass is 258 g/mol. The summed E-state index contributed by atoms with van der Waals surface area (Å²) in [7, 11) is 0. The first-order chi connectivity index (χ1) is 7.34. The van der Waals surface area contributed by atoms with Gasteiger partial charge in [-0.1, -0.05) is 30.6 Å². The number of amides is 1. The van der Waals surface area contributed by atoms with Crippen LogP contribution in [0.1, 0.15) is 29.2 Å². The number of hydrogen-bond acceptors (Lipinski definition) is 5. The molecule has 0 aliphatic heterocycles. The van der Waals surface area contributed by atoms with Gasteiger partial charge in [0, 0.05) is 12.0 Å². The molecule has 0 fully saturated rings. The molecule has 0 radical (unpaired) electrons. The number of aromatic nitrogens is 2. The predicted octanol–water partition coefficient (Wildman–Crippen LogP) is 0.889. The van der Waals surface area contributed by atoms with E-state index in [0.717, 1.165) is 11.5 Å². The molecule has 16 heavy (non-hydrogen) atoms. The van der Waals surface area contributed by atoms with Gasteiger partial charge < -0.3 is 11.1 Å². The fourth-order valence-corrected chi connectivity index (χ4v) is 1.55. The van der Waals surface area contributed by atoms with Crippen molar-refractivity contribution in [3.63, 3.8) is 0 Å². The van der Waals surface area contributed by atoms with E-state index in [1.54, 1.807) is 6.92 Å². The van der Waals surface area contributed by atoms with Crippen molar-refractivity contribution in [3.05, 3.63) is 10.6 Å². The molecule has 0 unspecified atom stereocenters. The first kappa shape index (κ1) is 13.0. The average molecular weight is 258 g/mol. The Hall–Kier alpha value is -1.08. The van der Waals surface area contributed by atoms with Gasteiger partial charge in [-0.2, -0.15) is 0 Å². The topological polar surface area (TPSA) is 80.9 Å². The molecular weight excluding hydrogens is 244 g/mol. The van der Waals surface area contributed by atoms with Crippen LogP contribution in [0.4, 0.5) is 0 Å². The van der Waals surface area contributed by atoms with Crippen molar-refractivity contribution >= 4 is 34.6 Å². The van der Waals surface area contributed by atoms with Gasteiger partial charge >= 0.3 is 0 Å². The van der Waals surface area contributed by atoms with E-state index in [4.69, 9.17) is 18.0 Å². The second kappa shape index (κ2) is 4.84. The van der Waals surface area contributed by atoms with Gasteiger partial charge in [-0.05, 0) is 18.5 Å². The van der Waals surface area contributed by atoms with Crippen LogP contribution in [0.15, 0.2) is 0 Å². The van der Waals surface area contributed by atoms with Crippen LogP contribution < -0.4 is 11.1 Å². The van der Waals surface area contributed by atoms with E-state index < -0.39 is 5.41 Å². The highest BCUT2D eigenvalue weighted by atomic mass is 32.1. The largest absolute Gasteiger partial charge is 0.393 e. The molecule has 0 aromatic carbocycles. The predicted molar refractivity (Wildman–Crippen MR) is 67.5 cm³/mol. The van der Waals surface area contributed by atoms with E-state index in [1.807, 2.05) is 13.8 Å². The van der Waals surface area contributed by atoms with Gasteiger partial charge in [0.1, 0.15) is 4.88 Å². The van der Waals surface area contributed by atoms with Crippen LogP contribution in [0.5, 0.6) is 0 Å². The van der Waals surface area contributed by atoms with Crippen LogP contribution in [0.25, 0.3) is 0 Å². The number of hydrogen-bond donors (Lipinski definition) is 2. The Morgan fingerprint density at radius 1 is 1.62 bits per heavy atom. The number of carbonyl (C=O) groups is 1. The Labute approximate surface area is 104 Å². The number of rotatable bonds is 4. The molecule has 0 aliphatic rings. The maximum atomic E-state index is 11.7. The molecule has 1 rings (SSSR count). The standard InChI is InChI=1S/C9H14N4OS2/c1-5-6(16-13-12-5)7(14)11-4-9(2,3)8(10)15/h4H2,1-3H3,(H2,10,15)(H,11,14). The molecule has 1 heterocycles. The SMILES string of the molecule is Cc1nnsc1C(=O)NCC(C)(C)C(N)=S. The number of aryl methyl sites for hydroxylation is 1. The van der Waals surface area contributed by atoms with Crippen molar-refractivity contribution in [3.8, 4) is 0 Å². The van der Waals surface area contributed by atoms with Crippen LogP contribution in [-0.2, 0) is 0 Å². The third-order valence-corrected chi connectivity index (χ3v) is 3.59. The highest BCUT2D eigenvalue weighted by molar-refractivity contribution is 7.80. The second-order valence-electron chi connectivity index (χ2n) is 4.12. The number of nitrogens with one attached hydrogen (secondary N) is 1. The van der Waals surface area contributed by atoms with E-state index in [-0.39, 0.29) is 5.91 Å². The number of carbonyl (C=O) groups excluding carboxylic acids is 1. The summed E-state index contributed by atoms with van der Waals surface area (Å²) in [6.07, 6.45) is 0. The molecule has 0 bridgehead atoms. The van der Waals surface area contributed by atoms with Gasteiger partial charge in [0.25, 0.3) is 5.91 Å². The van der Waals surface area contributed by atoms with E-state index in [1.165, 1.54) is 0 Å². The Bertz CT molecular complexity index is 413. The van der Waals surface area contributed by atoms with Crippen LogP contribution >= 0.6 is 23.8 Å². The van der Waals surface area contributed by atoms with E-state index in [0.29, 0.717) is 22.1 Å². The van der Waals surface area contributed by atoms with E-state index in [2.05, 4.69) is 14.9 Å². The molecule has 0 atom stereocenters. The Morgan fingerprint density at radius 3 is 2.69 bits per heavy atom. The second-order valence-corrected chi connectivity index (χ2v) is 5.31. The number of nitrogens with zero attached hydrogens (tertiary/aromatic N) is 2. The lowest BCUT2D eigenvalue weighted by Crippen LogP contribution is -2.41. The fraction of sp³-hybridized carbons (Fsp3) is 0.556. The molecular formula is C9H14N4OS2. The summed E-state index contributed by atoms with van der Waals surface area (Å²) in [5, 5.41) is 6.55. The average Bonchev–Trinajstić information content (AvgIpc) is 2.61. The van der Waals surface area contributed by atoms with Gasteiger partial charge in [-0.25, -0.2) is 0 Å². The highest BCUT2D eigenvalue weighted by Gasteiger charge is 2.23. The molecule has 0 saturated heterocycles. The first-order valence-electron chi connectivity index (χ1n) is 4.71. The summed E-state index contributed by atoms with van der Waals surface area (Å²) in [5.41, 5.74) is 5.81. The lowest BCUT2D eigenvalue weighted by molar-refractivity contribution is 0.0948. The summed E-state index contributed by atoms with van der Waals surface area (Å²) >= 11 is 5.99. The third kappa shape index (κ3) is 2.96. The molecule has 1 aromatic rings. The summed E-state index contributed by atoms with van der Waals surface area (Å²) in [5.74, 6) is -0.183. The van der Waals surface area contributed by atoms with Crippen molar-refractivity contribution in [1.82, 2.24) is 14.9 Å². The minimum Gasteiger partial charge on any atom is -0.393 e. The lowest BCUT2D eigenvalue weighted by Gasteiger charge is -2.22. The van der Waals surface area contributed by atoms with Gasteiger partial charge in [-0.3, -0.25) is 4.79 Å². The summed E-state index contributed by atoms with van der Waals surface area (Å²) in [6.45, 7) is 5.91. The first-order valence-corrected chi connectivity index (χ1v) is 5.90. The van der Waals surface area contributed by atoms with Crippen LogP contribution in [-0.4, -0.2) is 27.0 Å². The third-order valence-electron chi connectivity index (χ3n) is 2.22. The smallest absolute Gasteiger partial charge is 0.264 e. The van der Waals surface area contributed by atoms with Crippen molar-refractivity contribution in [2.24, 2.45) is 11.1 Å². The Kier molecular flexibility index (Phi) is 3.93. The number of thiocarbonyl (C=S) groups is 1. The molecule has 1 amide bonds. The van der Waals surface area contributed by atoms with Crippen molar-refractivity contribution in [1.29, 1.82) is 0 Å². The van der Waals surface area contributed by atoms with Gasteiger partial charge in [0.2, 0.25) is 0 Å². The maximum Gasteiger partial charge on any atom is 0.264 e. The van der Waals surface area contributed by atoms with Crippen molar-refractivity contribution in [2.75, 3.05) is 6.54 Å². The zero-order valence-corrected chi connectivity index (χ0v) is 11.0. The van der Waals surface area contributed by atoms with E-state index in [9.17, 15) is 4.79 Å². The molecule has 5 nitrogen and oxygen atoms in total. The summed E-state index contributed by atoms with van der Waals surface area (Å²) in [6, 6.07) is 0. The fourth-order valence-electron chi connectivity index (χ4n) is 0.908. The van der Waals surface area contributed by atoms with Gasteiger partial charge in [0.05, 0.1) is 10.7 Å². The maximum absolute atomic E-state index is 11.7. The van der Waals surface area contributed by atoms with Crippen molar-refractivity contribution < 1.29 is 4.79 Å². The van der Waals surface area contributed by atoms with E-state index >= 15 is 0 Å². The normalized spacial score (nSPS) is 11.2.